The number of hydrogen-bond acceptors (Lipinski definition) is 5. The minimum Gasteiger partial charge on any atom is -0.481 e. The molecular formula is C18H16BrClO5. The molecule has 0 amide bonds. The Morgan fingerprint density at radius 2 is 1.96 bits per heavy atom. The van der Waals surface area contributed by atoms with Crippen molar-refractivity contribution in [3.05, 3.63) is 57.5 Å². The molecule has 5 nitrogen and oxygen atoms in total. The minimum atomic E-state index is -0.596. The molecule has 0 N–H and O–H groups in total. The lowest BCUT2D eigenvalue weighted by atomic mass is 10.2. The molecule has 0 unspecified atom stereocenters. The summed E-state index contributed by atoms with van der Waals surface area (Å²) in [6.45, 7) is 1.96. The Morgan fingerprint density at radius 3 is 2.68 bits per heavy atom. The Labute approximate surface area is 159 Å². The van der Waals surface area contributed by atoms with Gasteiger partial charge in [0, 0.05) is 5.02 Å². The van der Waals surface area contributed by atoms with Gasteiger partial charge >= 0.3 is 11.9 Å². The van der Waals surface area contributed by atoms with Crippen LogP contribution in [-0.2, 0) is 9.53 Å². The maximum absolute atomic E-state index is 11.9. The van der Waals surface area contributed by atoms with E-state index < -0.39 is 11.9 Å². The molecule has 0 spiro atoms. The van der Waals surface area contributed by atoms with Gasteiger partial charge in [-0.2, -0.15) is 0 Å². The molecule has 0 atom stereocenters. The first-order valence-electron chi connectivity index (χ1n) is 7.55. The lowest BCUT2D eigenvalue weighted by molar-refractivity contribution is -0.136. The first-order valence-corrected chi connectivity index (χ1v) is 8.72. The molecule has 0 saturated carbocycles. The Morgan fingerprint density at radius 1 is 1.16 bits per heavy atom. The summed E-state index contributed by atoms with van der Waals surface area (Å²) < 4.78 is 16.2. The van der Waals surface area contributed by atoms with Gasteiger partial charge < -0.3 is 14.2 Å². The molecule has 2 aromatic rings. The Kier molecular flexibility index (Phi) is 7.28. The molecular weight excluding hydrogens is 412 g/mol. The largest absolute Gasteiger partial charge is 0.481 e. The standard InChI is InChI=1S/C18H16BrClO5/c1-2-8-23-18(22)12-4-3-5-14(9-12)25-17(21)11-24-16-7-6-13(20)10-15(16)19/h3-7,9-10H,2,8,11H2,1H3. The number of benzene rings is 2. The van der Waals surface area contributed by atoms with Gasteiger partial charge in [0.25, 0.3) is 0 Å². The molecule has 7 heteroatoms. The van der Waals surface area contributed by atoms with Gasteiger partial charge in [0.05, 0.1) is 16.6 Å². The highest BCUT2D eigenvalue weighted by Gasteiger charge is 2.12. The van der Waals surface area contributed by atoms with Gasteiger partial charge in [-0.25, -0.2) is 9.59 Å². The maximum atomic E-state index is 11.9. The second kappa shape index (κ2) is 9.44. The van der Waals surface area contributed by atoms with E-state index in [4.69, 9.17) is 25.8 Å². The highest BCUT2D eigenvalue weighted by molar-refractivity contribution is 9.10. The maximum Gasteiger partial charge on any atom is 0.349 e. The third-order valence-electron chi connectivity index (χ3n) is 2.98. The fourth-order valence-corrected chi connectivity index (χ4v) is 2.65. The molecule has 0 fully saturated rings. The fraction of sp³-hybridized carbons (Fsp3) is 0.222. The lowest BCUT2D eigenvalue weighted by Gasteiger charge is -2.09. The summed E-state index contributed by atoms with van der Waals surface area (Å²) in [5.41, 5.74) is 0.320. The van der Waals surface area contributed by atoms with E-state index >= 15 is 0 Å². The summed E-state index contributed by atoms with van der Waals surface area (Å²) in [6.07, 6.45) is 0.734. The highest BCUT2D eigenvalue weighted by atomic mass is 79.9. The lowest BCUT2D eigenvalue weighted by Crippen LogP contribution is -2.18. The van der Waals surface area contributed by atoms with E-state index in [1.54, 1.807) is 36.4 Å². The zero-order chi connectivity index (χ0) is 18.2. The molecule has 0 saturated heterocycles. The molecule has 0 aliphatic heterocycles. The predicted molar refractivity (Wildman–Crippen MR) is 97.3 cm³/mol. The molecule has 132 valence electrons. The quantitative estimate of drug-likeness (QED) is 0.475. The second-order valence-corrected chi connectivity index (χ2v) is 6.29. The van der Waals surface area contributed by atoms with E-state index in [2.05, 4.69) is 15.9 Å². The van der Waals surface area contributed by atoms with Crippen LogP contribution in [0.4, 0.5) is 0 Å². The van der Waals surface area contributed by atoms with Crippen molar-refractivity contribution in [2.75, 3.05) is 13.2 Å². The van der Waals surface area contributed by atoms with Gasteiger partial charge in [-0.3, -0.25) is 0 Å². The summed E-state index contributed by atoms with van der Waals surface area (Å²) in [5.74, 6) is -0.338. The van der Waals surface area contributed by atoms with Crippen molar-refractivity contribution in [2.24, 2.45) is 0 Å². The van der Waals surface area contributed by atoms with Gasteiger partial charge in [0.15, 0.2) is 6.61 Å². The number of carbonyl (C=O) groups is 2. The number of rotatable bonds is 7. The van der Waals surface area contributed by atoms with E-state index in [9.17, 15) is 9.59 Å². The van der Waals surface area contributed by atoms with Crippen LogP contribution in [-0.4, -0.2) is 25.2 Å². The molecule has 2 aromatic carbocycles. The summed E-state index contributed by atoms with van der Waals surface area (Å²) in [4.78, 5) is 23.7. The monoisotopic (exact) mass is 426 g/mol. The molecule has 0 aromatic heterocycles. The molecule has 0 heterocycles. The molecule has 0 bridgehead atoms. The molecule has 0 aliphatic rings. The van der Waals surface area contributed by atoms with Crippen LogP contribution in [0.1, 0.15) is 23.7 Å². The molecule has 25 heavy (non-hydrogen) atoms. The zero-order valence-corrected chi connectivity index (χ0v) is 15.8. The van der Waals surface area contributed by atoms with Crippen molar-refractivity contribution in [1.82, 2.24) is 0 Å². The Bertz CT molecular complexity index is 763. The number of halogens is 2. The first kappa shape index (κ1) is 19.3. The van der Waals surface area contributed by atoms with E-state index in [0.717, 1.165) is 6.42 Å². The highest BCUT2D eigenvalue weighted by Crippen LogP contribution is 2.28. The van der Waals surface area contributed by atoms with Crippen LogP contribution in [0.15, 0.2) is 46.9 Å². The van der Waals surface area contributed by atoms with Crippen LogP contribution in [0.25, 0.3) is 0 Å². The van der Waals surface area contributed by atoms with E-state index in [-0.39, 0.29) is 12.4 Å². The average Bonchev–Trinajstić information content (AvgIpc) is 2.59. The van der Waals surface area contributed by atoms with E-state index in [0.29, 0.717) is 27.4 Å². The number of esters is 2. The van der Waals surface area contributed by atoms with Crippen LogP contribution >= 0.6 is 27.5 Å². The SMILES string of the molecule is CCCOC(=O)c1cccc(OC(=O)COc2ccc(Cl)cc2Br)c1. The van der Waals surface area contributed by atoms with Gasteiger partial charge in [-0.05, 0) is 58.7 Å². The molecule has 0 radical (unpaired) electrons. The summed E-state index contributed by atoms with van der Waals surface area (Å²) in [5, 5.41) is 0.550. The van der Waals surface area contributed by atoms with Crippen LogP contribution in [0.3, 0.4) is 0 Å². The van der Waals surface area contributed by atoms with Crippen LogP contribution < -0.4 is 9.47 Å². The minimum absolute atomic E-state index is 0.245. The topological polar surface area (TPSA) is 61.8 Å². The Hall–Kier alpha value is -2.05. The number of hydrogen-bond donors (Lipinski definition) is 0. The van der Waals surface area contributed by atoms with Crippen molar-refractivity contribution in [3.63, 3.8) is 0 Å². The summed E-state index contributed by atoms with van der Waals surface area (Å²) in [7, 11) is 0. The van der Waals surface area contributed by atoms with Crippen LogP contribution in [0.2, 0.25) is 5.02 Å². The third kappa shape index (κ3) is 6.07. The van der Waals surface area contributed by atoms with Crippen molar-refractivity contribution < 1.29 is 23.8 Å². The normalized spacial score (nSPS) is 10.2. The van der Waals surface area contributed by atoms with Crippen molar-refractivity contribution >= 4 is 39.5 Å². The van der Waals surface area contributed by atoms with Crippen molar-refractivity contribution in [3.8, 4) is 11.5 Å². The van der Waals surface area contributed by atoms with E-state index in [1.165, 1.54) is 6.07 Å². The van der Waals surface area contributed by atoms with Gasteiger partial charge in [0.1, 0.15) is 11.5 Å². The van der Waals surface area contributed by atoms with Crippen LogP contribution in [0.5, 0.6) is 11.5 Å². The van der Waals surface area contributed by atoms with Gasteiger partial charge in [0.2, 0.25) is 0 Å². The number of ether oxygens (including phenoxy) is 3. The van der Waals surface area contributed by atoms with Crippen molar-refractivity contribution in [1.29, 1.82) is 0 Å². The van der Waals surface area contributed by atoms with Crippen molar-refractivity contribution in [2.45, 2.75) is 13.3 Å². The van der Waals surface area contributed by atoms with Gasteiger partial charge in [-0.15, -0.1) is 0 Å². The molecule has 0 aliphatic carbocycles. The predicted octanol–water partition coefficient (Wildman–Crippen LogP) is 4.65. The van der Waals surface area contributed by atoms with Crippen LogP contribution in [0, 0.1) is 0 Å². The summed E-state index contributed by atoms with van der Waals surface area (Å²) in [6, 6.07) is 11.2. The second-order valence-electron chi connectivity index (χ2n) is 5.00. The Balaban J connectivity index is 1.93. The van der Waals surface area contributed by atoms with E-state index in [1.807, 2.05) is 6.92 Å². The smallest absolute Gasteiger partial charge is 0.349 e. The fourth-order valence-electron chi connectivity index (χ4n) is 1.85. The average molecular weight is 428 g/mol. The first-order chi connectivity index (χ1) is 12.0. The summed E-state index contributed by atoms with van der Waals surface area (Å²) >= 11 is 9.14. The number of carbonyl (C=O) groups excluding carboxylic acids is 2. The zero-order valence-electron chi connectivity index (χ0n) is 13.5. The van der Waals surface area contributed by atoms with Gasteiger partial charge in [-0.1, -0.05) is 24.6 Å². The molecule has 2 rings (SSSR count). The third-order valence-corrected chi connectivity index (χ3v) is 3.83.